The molecule has 3 rings (SSSR count). The third kappa shape index (κ3) is 3.29. The van der Waals surface area contributed by atoms with Crippen molar-refractivity contribution >= 4 is 11.8 Å². The molecule has 120 valence electrons. The topological polar surface area (TPSA) is 88.1 Å². The Balaban J connectivity index is 1.75. The highest BCUT2D eigenvalue weighted by molar-refractivity contribution is 7.98. The Morgan fingerprint density at radius 1 is 1.17 bits per heavy atom. The van der Waals surface area contributed by atoms with Gasteiger partial charge >= 0.3 is 0 Å². The number of ether oxygens (including phenoxy) is 2. The molecule has 2 heterocycles. The number of rotatable bonds is 6. The first-order chi connectivity index (χ1) is 11.2. The molecule has 3 aromatic rings. The zero-order valence-corrected chi connectivity index (χ0v) is 13.7. The summed E-state index contributed by atoms with van der Waals surface area (Å²) in [6.45, 7) is 0. The van der Waals surface area contributed by atoms with Crippen LogP contribution in [0.5, 0.6) is 11.5 Å². The zero-order valence-electron chi connectivity index (χ0n) is 12.9. The van der Waals surface area contributed by atoms with Crippen molar-refractivity contribution in [1.29, 1.82) is 0 Å². The largest absolute Gasteiger partial charge is 0.493 e. The molecule has 0 saturated heterocycles. The van der Waals surface area contributed by atoms with E-state index in [-0.39, 0.29) is 0 Å². The van der Waals surface area contributed by atoms with Gasteiger partial charge in [0.2, 0.25) is 5.89 Å². The Morgan fingerprint density at radius 2 is 2.00 bits per heavy atom. The van der Waals surface area contributed by atoms with E-state index in [2.05, 4.69) is 20.3 Å². The molecule has 0 fully saturated rings. The highest BCUT2D eigenvalue weighted by Gasteiger charge is 2.13. The average Bonchev–Trinajstić information content (AvgIpc) is 3.21. The van der Waals surface area contributed by atoms with Crippen LogP contribution in [0.1, 0.15) is 5.82 Å². The van der Waals surface area contributed by atoms with Gasteiger partial charge in [0, 0.05) is 12.6 Å². The van der Waals surface area contributed by atoms with Crippen LogP contribution in [0.25, 0.3) is 11.5 Å². The van der Waals surface area contributed by atoms with E-state index in [0.29, 0.717) is 28.4 Å². The van der Waals surface area contributed by atoms with Gasteiger partial charge in [-0.15, -0.1) is 10.2 Å². The molecular formula is C14H15N5O3S. The maximum absolute atomic E-state index is 5.67. The number of hydrogen-bond acceptors (Lipinski definition) is 8. The van der Waals surface area contributed by atoms with Crippen molar-refractivity contribution in [2.75, 3.05) is 14.2 Å². The minimum Gasteiger partial charge on any atom is -0.493 e. The van der Waals surface area contributed by atoms with Gasteiger partial charge in [-0.25, -0.2) is 4.98 Å². The van der Waals surface area contributed by atoms with E-state index in [1.54, 1.807) is 31.0 Å². The van der Waals surface area contributed by atoms with E-state index < -0.39 is 0 Å². The molecule has 9 heteroatoms. The summed E-state index contributed by atoms with van der Waals surface area (Å²) in [6, 6.07) is 5.43. The second kappa shape index (κ2) is 6.69. The van der Waals surface area contributed by atoms with Gasteiger partial charge < -0.3 is 13.9 Å². The Labute approximate surface area is 136 Å². The van der Waals surface area contributed by atoms with Crippen molar-refractivity contribution < 1.29 is 13.9 Å². The zero-order chi connectivity index (χ0) is 16.2. The van der Waals surface area contributed by atoms with Gasteiger partial charge in [-0.2, -0.15) is 5.10 Å². The summed E-state index contributed by atoms with van der Waals surface area (Å²) in [5, 5.41) is 12.6. The molecule has 0 aliphatic rings. The molecular weight excluding hydrogens is 318 g/mol. The average molecular weight is 333 g/mol. The molecule has 0 amide bonds. The molecule has 0 saturated carbocycles. The molecule has 0 aliphatic carbocycles. The third-order valence-corrected chi connectivity index (χ3v) is 3.98. The van der Waals surface area contributed by atoms with Crippen LogP contribution >= 0.6 is 11.8 Å². The van der Waals surface area contributed by atoms with E-state index in [9.17, 15) is 0 Å². The van der Waals surface area contributed by atoms with Gasteiger partial charge in [0.1, 0.15) is 12.2 Å². The van der Waals surface area contributed by atoms with Gasteiger partial charge in [-0.3, -0.25) is 4.68 Å². The fourth-order valence-corrected chi connectivity index (χ4v) is 2.68. The van der Waals surface area contributed by atoms with Crippen molar-refractivity contribution in [3.63, 3.8) is 0 Å². The van der Waals surface area contributed by atoms with Crippen LogP contribution in [0.2, 0.25) is 0 Å². The number of benzene rings is 1. The summed E-state index contributed by atoms with van der Waals surface area (Å²) in [7, 11) is 5.01. The molecule has 0 radical (unpaired) electrons. The van der Waals surface area contributed by atoms with Crippen molar-refractivity contribution in [1.82, 2.24) is 25.0 Å². The van der Waals surface area contributed by atoms with E-state index >= 15 is 0 Å². The first kappa shape index (κ1) is 15.3. The normalized spacial score (nSPS) is 10.7. The fourth-order valence-electron chi connectivity index (χ4n) is 1.93. The molecule has 0 aliphatic heterocycles. The highest BCUT2D eigenvalue weighted by atomic mass is 32.2. The summed E-state index contributed by atoms with van der Waals surface area (Å²) in [5.74, 6) is 3.11. The molecule has 0 bridgehead atoms. The number of aromatic nitrogens is 5. The van der Waals surface area contributed by atoms with Crippen LogP contribution in [-0.4, -0.2) is 39.2 Å². The van der Waals surface area contributed by atoms with Crippen LogP contribution in [-0.2, 0) is 12.8 Å². The van der Waals surface area contributed by atoms with Crippen LogP contribution in [0.15, 0.2) is 34.2 Å². The second-order valence-electron chi connectivity index (χ2n) is 4.53. The number of thioether (sulfide) groups is 1. The van der Waals surface area contributed by atoms with Gasteiger partial charge in [-0.05, 0) is 18.2 Å². The number of hydrogen-bond donors (Lipinski definition) is 0. The summed E-state index contributed by atoms with van der Waals surface area (Å²) in [4.78, 5) is 4.15. The first-order valence-corrected chi connectivity index (χ1v) is 7.71. The molecule has 0 atom stereocenters. The lowest BCUT2D eigenvalue weighted by Gasteiger charge is -2.07. The molecule has 8 nitrogen and oxygen atoms in total. The van der Waals surface area contributed by atoms with Gasteiger partial charge in [0.05, 0.1) is 20.0 Å². The van der Waals surface area contributed by atoms with Crippen LogP contribution in [0.3, 0.4) is 0 Å². The van der Waals surface area contributed by atoms with Crippen molar-refractivity contribution in [2.45, 2.75) is 11.0 Å². The Kier molecular flexibility index (Phi) is 4.47. The van der Waals surface area contributed by atoms with Gasteiger partial charge in [0.25, 0.3) is 5.22 Å². The minimum absolute atomic E-state index is 0.423. The third-order valence-electron chi connectivity index (χ3n) is 3.17. The van der Waals surface area contributed by atoms with E-state index in [0.717, 1.165) is 11.4 Å². The first-order valence-electron chi connectivity index (χ1n) is 6.73. The Hall–Kier alpha value is -2.55. The lowest BCUT2D eigenvalue weighted by Crippen LogP contribution is -1.97. The molecule has 23 heavy (non-hydrogen) atoms. The van der Waals surface area contributed by atoms with Crippen LogP contribution in [0, 0.1) is 0 Å². The molecule has 0 spiro atoms. The molecule has 1 aromatic carbocycles. The lowest BCUT2D eigenvalue weighted by molar-refractivity contribution is 0.355. The lowest BCUT2D eigenvalue weighted by atomic mass is 10.2. The number of nitrogens with zero attached hydrogens (tertiary/aromatic N) is 5. The second-order valence-corrected chi connectivity index (χ2v) is 5.46. The van der Waals surface area contributed by atoms with Gasteiger partial charge in [-0.1, -0.05) is 11.8 Å². The molecule has 2 aromatic heterocycles. The standard InChI is InChI=1S/C14H15N5O3S/c1-19-12(15-8-16-19)7-23-14-18-17-13(22-14)9-4-5-10(20-2)11(6-9)21-3/h4-6,8H,7H2,1-3H3. The van der Waals surface area contributed by atoms with Crippen molar-refractivity contribution in [3.05, 3.63) is 30.4 Å². The Bertz CT molecular complexity index is 801. The van der Waals surface area contributed by atoms with Crippen LogP contribution in [0.4, 0.5) is 0 Å². The summed E-state index contributed by atoms with van der Waals surface area (Å²) in [5.41, 5.74) is 0.764. The Morgan fingerprint density at radius 3 is 2.70 bits per heavy atom. The minimum atomic E-state index is 0.423. The monoisotopic (exact) mass is 333 g/mol. The summed E-state index contributed by atoms with van der Waals surface area (Å²) in [6.07, 6.45) is 1.51. The van der Waals surface area contributed by atoms with Crippen molar-refractivity contribution in [2.24, 2.45) is 7.05 Å². The maximum atomic E-state index is 5.67. The number of methoxy groups -OCH3 is 2. The maximum Gasteiger partial charge on any atom is 0.277 e. The molecule has 0 N–H and O–H groups in total. The SMILES string of the molecule is COc1ccc(-c2nnc(SCc3ncnn3C)o2)cc1OC. The smallest absolute Gasteiger partial charge is 0.277 e. The fraction of sp³-hybridized carbons (Fsp3) is 0.286. The summed E-state index contributed by atoms with van der Waals surface area (Å²) < 4.78 is 17.9. The van der Waals surface area contributed by atoms with Crippen LogP contribution < -0.4 is 9.47 Å². The van der Waals surface area contributed by atoms with Gasteiger partial charge in [0.15, 0.2) is 11.5 Å². The highest BCUT2D eigenvalue weighted by Crippen LogP contribution is 2.32. The molecule has 0 unspecified atom stereocenters. The van der Waals surface area contributed by atoms with E-state index in [1.165, 1.54) is 18.1 Å². The predicted molar refractivity (Wildman–Crippen MR) is 83.4 cm³/mol. The van der Waals surface area contributed by atoms with Crippen molar-refractivity contribution in [3.8, 4) is 23.0 Å². The quantitative estimate of drug-likeness (QED) is 0.634. The summed E-state index contributed by atoms with van der Waals surface area (Å²) >= 11 is 1.41. The van der Waals surface area contributed by atoms with E-state index in [1.807, 2.05) is 13.1 Å². The predicted octanol–water partition coefficient (Wildman–Crippen LogP) is 2.17. The number of aryl methyl sites for hydroxylation is 1. The van der Waals surface area contributed by atoms with E-state index in [4.69, 9.17) is 13.9 Å².